The molecule has 1 aliphatic rings. The van der Waals surface area contributed by atoms with Crippen LogP contribution in [-0.2, 0) is 16.6 Å². The average molecular weight is 362 g/mol. The molecule has 1 unspecified atom stereocenters. The summed E-state index contributed by atoms with van der Waals surface area (Å²) < 4.78 is 28.3. The van der Waals surface area contributed by atoms with Gasteiger partial charge in [-0.25, -0.2) is 13.1 Å². The molecule has 2 rings (SSSR count). The molecular weight excluding hydrogens is 342 g/mol. The van der Waals surface area contributed by atoms with Gasteiger partial charge in [0.2, 0.25) is 10.0 Å². The molecule has 0 aliphatic heterocycles. The first-order valence-corrected chi connectivity index (χ1v) is 9.05. The Morgan fingerprint density at radius 1 is 1.45 bits per heavy atom. The molecule has 0 spiro atoms. The maximum atomic E-state index is 12.5. The van der Waals surface area contributed by atoms with Crippen molar-refractivity contribution in [3.8, 4) is 0 Å². The zero-order chi connectivity index (χ0) is 14.9. The van der Waals surface area contributed by atoms with Crippen molar-refractivity contribution in [2.45, 2.75) is 50.7 Å². The van der Waals surface area contributed by atoms with Crippen molar-refractivity contribution < 1.29 is 13.5 Å². The number of hydrogen-bond acceptors (Lipinski definition) is 3. The molecule has 0 bridgehead atoms. The van der Waals surface area contributed by atoms with Crippen LogP contribution in [0.4, 0.5) is 0 Å². The summed E-state index contributed by atoms with van der Waals surface area (Å²) in [7, 11) is -3.57. The van der Waals surface area contributed by atoms with Gasteiger partial charge in [-0.2, -0.15) is 0 Å². The first kappa shape index (κ1) is 15.9. The predicted molar refractivity (Wildman–Crippen MR) is 81.9 cm³/mol. The van der Waals surface area contributed by atoms with Crippen LogP contribution >= 0.6 is 15.9 Å². The van der Waals surface area contributed by atoms with Crippen molar-refractivity contribution in [3.63, 3.8) is 0 Å². The van der Waals surface area contributed by atoms with E-state index in [0.29, 0.717) is 16.0 Å². The van der Waals surface area contributed by atoms with E-state index in [9.17, 15) is 13.5 Å². The van der Waals surface area contributed by atoms with Crippen molar-refractivity contribution in [1.29, 1.82) is 0 Å². The fourth-order valence-corrected chi connectivity index (χ4v) is 4.82. The standard InChI is InChI=1S/C14H20BrNO3S/c1-9-6-11(8-17)7-13(14(9)15)20(18,19)16-10(2)12-4-3-5-12/h6-7,10,12,16-17H,3-5,8H2,1-2H3. The molecule has 0 amide bonds. The van der Waals surface area contributed by atoms with Gasteiger partial charge in [-0.05, 0) is 65.7 Å². The highest BCUT2D eigenvalue weighted by Gasteiger charge is 2.29. The number of aliphatic hydroxyl groups excluding tert-OH is 1. The van der Waals surface area contributed by atoms with Crippen LogP contribution in [0.25, 0.3) is 0 Å². The lowest BCUT2D eigenvalue weighted by molar-refractivity contribution is 0.260. The maximum absolute atomic E-state index is 12.5. The summed E-state index contributed by atoms with van der Waals surface area (Å²) in [5.41, 5.74) is 1.40. The number of benzene rings is 1. The Balaban J connectivity index is 2.30. The van der Waals surface area contributed by atoms with Crippen molar-refractivity contribution in [2.24, 2.45) is 5.92 Å². The Morgan fingerprint density at radius 2 is 2.10 bits per heavy atom. The van der Waals surface area contributed by atoms with Gasteiger partial charge in [-0.1, -0.05) is 12.5 Å². The van der Waals surface area contributed by atoms with Crippen LogP contribution in [0.15, 0.2) is 21.5 Å². The van der Waals surface area contributed by atoms with Gasteiger partial charge in [0, 0.05) is 10.5 Å². The molecule has 1 saturated carbocycles. The lowest BCUT2D eigenvalue weighted by atomic mass is 9.81. The smallest absolute Gasteiger partial charge is 0.241 e. The van der Waals surface area contributed by atoms with Gasteiger partial charge < -0.3 is 5.11 Å². The zero-order valence-electron chi connectivity index (χ0n) is 11.7. The van der Waals surface area contributed by atoms with Crippen LogP contribution in [0.5, 0.6) is 0 Å². The summed E-state index contributed by atoms with van der Waals surface area (Å²) >= 11 is 3.34. The molecule has 0 saturated heterocycles. The topological polar surface area (TPSA) is 66.4 Å². The van der Waals surface area contributed by atoms with Crippen molar-refractivity contribution in [3.05, 3.63) is 27.7 Å². The van der Waals surface area contributed by atoms with Crippen LogP contribution in [0.3, 0.4) is 0 Å². The molecule has 1 aromatic rings. The Labute approximate surface area is 128 Å². The lowest BCUT2D eigenvalue weighted by Crippen LogP contribution is -2.40. The number of hydrogen-bond donors (Lipinski definition) is 2. The van der Waals surface area contributed by atoms with Gasteiger partial charge >= 0.3 is 0 Å². The molecule has 1 fully saturated rings. The first-order chi connectivity index (χ1) is 9.35. The van der Waals surface area contributed by atoms with Gasteiger partial charge in [-0.15, -0.1) is 0 Å². The van der Waals surface area contributed by atoms with Crippen LogP contribution in [0.1, 0.15) is 37.3 Å². The first-order valence-electron chi connectivity index (χ1n) is 6.77. The van der Waals surface area contributed by atoms with Gasteiger partial charge in [0.15, 0.2) is 0 Å². The molecule has 6 heteroatoms. The lowest BCUT2D eigenvalue weighted by Gasteiger charge is -2.31. The zero-order valence-corrected chi connectivity index (χ0v) is 14.1. The number of sulfonamides is 1. The summed E-state index contributed by atoms with van der Waals surface area (Å²) in [4.78, 5) is 0.202. The summed E-state index contributed by atoms with van der Waals surface area (Å²) in [6.07, 6.45) is 3.35. The average Bonchev–Trinajstić information content (AvgIpc) is 2.29. The van der Waals surface area contributed by atoms with E-state index in [1.54, 1.807) is 6.07 Å². The van der Waals surface area contributed by atoms with Crippen LogP contribution in [0.2, 0.25) is 0 Å². The second kappa shape index (κ2) is 6.13. The Kier molecular flexibility index (Phi) is 4.89. The fourth-order valence-electron chi connectivity index (χ4n) is 2.44. The highest BCUT2D eigenvalue weighted by atomic mass is 79.9. The van der Waals surface area contributed by atoms with Crippen molar-refractivity contribution in [1.82, 2.24) is 4.72 Å². The largest absolute Gasteiger partial charge is 0.392 e. The van der Waals surface area contributed by atoms with Crippen LogP contribution < -0.4 is 4.72 Å². The summed E-state index contributed by atoms with van der Waals surface area (Å²) in [6, 6.07) is 3.24. The molecule has 112 valence electrons. The molecule has 0 aromatic heterocycles. The molecule has 20 heavy (non-hydrogen) atoms. The van der Waals surface area contributed by atoms with Gasteiger partial charge in [0.1, 0.15) is 0 Å². The number of aliphatic hydroxyl groups is 1. The highest BCUT2D eigenvalue weighted by Crippen LogP contribution is 2.32. The molecule has 4 nitrogen and oxygen atoms in total. The summed E-state index contributed by atoms with van der Waals surface area (Å²) in [6.45, 7) is 3.56. The van der Waals surface area contributed by atoms with Gasteiger partial charge in [0.25, 0.3) is 0 Å². The molecule has 0 heterocycles. The number of nitrogens with one attached hydrogen (secondary N) is 1. The fraction of sp³-hybridized carbons (Fsp3) is 0.571. The van der Waals surface area contributed by atoms with E-state index in [-0.39, 0.29) is 17.5 Å². The molecule has 2 N–H and O–H groups in total. The Hall–Kier alpha value is -0.430. The van der Waals surface area contributed by atoms with E-state index in [0.717, 1.165) is 18.4 Å². The normalized spacial score (nSPS) is 17.8. The van der Waals surface area contributed by atoms with E-state index in [4.69, 9.17) is 0 Å². The van der Waals surface area contributed by atoms with Crippen LogP contribution in [-0.4, -0.2) is 19.6 Å². The molecule has 1 atom stereocenters. The van der Waals surface area contributed by atoms with Gasteiger partial charge in [0.05, 0.1) is 11.5 Å². The van der Waals surface area contributed by atoms with E-state index >= 15 is 0 Å². The monoisotopic (exact) mass is 361 g/mol. The van der Waals surface area contributed by atoms with Crippen molar-refractivity contribution in [2.75, 3.05) is 0 Å². The number of halogens is 1. The minimum absolute atomic E-state index is 0.0567. The highest BCUT2D eigenvalue weighted by molar-refractivity contribution is 9.10. The molecule has 1 aromatic carbocycles. The predicted octanol–water partition coefficient (Wildman–Crippen LogP) is 2.72. The third-order valence-electron chi connectivity index (χ3n) is 3.95. The minimum atomic E-state index is -3.57. The summed E-state index contributed by atoms with van der Waals surface area (Å²) in [5, 5.41) is 9.23. The van der Waals surface area contributed by atoms with E-state index < -0.39 is 10.0 Å². The Bertz CT molecular complexity index is 597. The minimum Gasteiger partial charge on any atom is -0.392 e. The van der Waals surface area contributed by atoms with Crippen molar-refractivity contribution >= 4 is 26.0 Å². The maximum Gasteiger partial charge on any atom is 0.241 e. The van der Waals surface area contributed by atoms with E-state index in [1.165, 1.54) is 12.5 Å². The third-order valence-corrected chi connectivity index (χ3v) is 6.85. The quantitative estimate of drug-likeness (QED) is 0.847. The molecule has 0 radical (unpaired) electrons. The molecular formula is C14H20BrNO3S. The van der Waals surface area contributed by atoms with Gasteiger partial charge in [-0.3, -0.25) is 0 Å². The number of aryl methyl sites for hydroxylation is 1. The molecule has 1 aliphatic carbocycles. The van der Waals surface area contributed by atoms with E-state index in [1.807, 2.05) is 13.8 Å². The second-order valence-electron chi connectivity index (χ2n) is 5.48. The second-order valence-corrected chi connectivity index (χ2v) is 7.96. The Morgan fingerprint density at radius 3 is 2.60 bits per heavy atom. The van der Waals surface area contributed by atoms with Crippen LogP contribution in [0, 0.1) is 12.8 Å². The number of rotatable bonds is 5. The SMILES string of the molecule is Cc1cc(CO)cc(S(=O)(=O)NC(C)C2CCC2)c1Br. The third kappa shape index (κ3) is 3.24. The van der Waals surface area contributed by atoms with E-state index in [2.05, 4.69) is 20.7 Å². The summed E-state index contributed by atoms with van der Waals surface area (Å²) in [5.74, 6) is 0.436.